The molecule has 7 heteroatoms. The Hall–Kier alpha value is -3.51. The molecule has 3 aromatic rings. The molecule has 1 amide bonds. The largest absolute Gasteiger partial charge is 0.492 e. The molecule has 1 heterocycles. The first-order chi connectivity index (χ1) is 18.2. The molecule has 3 aromatic carbocycles. The predicted octanol–water partition coefficient (Wildman–Crippen LogP) is 6.22. The van der Waals surface area contributed by atoms with Crippen molar-refractivity contribution in [2.45, 2.75) is 51.6 Å². The van der Waals surface area contributed by atoms with Crippen molar-refractivity contribution in [3.8, 4) is 11.5 Å². The van der Waals surface area contributed by atoms with Gasteiger partial charge in [0, 0.05) is 17.0 Å². The predicted molar refractivity (Wildman–Crippen MR) is 148 cm³/mol. The quantitative estimate of drug-likeness (QED) is 0.315. The van der Waals surface area contributed by atoms with Gasteiger partial charge in [-0.05, 0) is 85.3 Å². The molecule has 0 fully saturated rings. The molecule has 0 saturated carbocycles. The molecule has 38 heavy (non-hydrogen) atoms. The number of carbonyl (C=O) groups excluding carboxylic acids is 1. The average Bonchev–Trinajstić information content (AvgIpc) is 2.89. The normalized spacial score (nSPS) is 16.3. The summed E-state index contributed by atoms with van der Waals surface area (Å²) in [7, 11) is 0. The van der Waals surface area contributed by atoms with Gasteiger partial charge in [0.1, 0.15) is 30.3 Å². The fourth-order valence-corrected chi connectivity index (χ4v) is 4.92. The molecular weight excluding hydrogens is 502 g/mol. The van der Waals surface area contributed by atoms with Crippen molar-refractivity contribution in [3.63, 3.8) is 0 Å². The number of hydrogen-bond acceptors (Lipinski definition) is 4. The molecule has 1 atom stereocenters. The molecule has 0 spiro atoms. The lowest BCUT2D eigenvalue weighted by Gasteiger charge is -2.36. The van der Waals surface area contributed by atoms with Gasteiger partial charge in [-0.1, -0.05) is 49.2 Å². The van der Waals surface area contributed by atoms with E-state index >= 15 is 0 Å². The first kappa shape index (κ1) is 27.5. The second kappa shape index (κ2) is 12.4. The molecule has 1 aliphatic rings. The van der Waals surface area contributed by atoms with E-state index in [1.54, 1.807) is 30.3 Å². The maximum Gasteiger partial charge on any atom is 0.323 e. The van der Waals surface area contributed by atoms with Crippen LogP contribution in [0, 0.1) is 0 Å². The van der Waals surface area contributed by atoms with E-state index in [0.717, 1.165) is 43.4 Å². The maximum absolute atomic E-state index is 13.2. The third kappa shape index (κ3) is 7.29. The Morgan fingerprint density at radius 3 is 2.45 bits per heavy atom. The maximum atomic E-state index is 13.2. The van der Waals surface area contributed by atoms with Gasteiger partial charge in [0.05, 0.1) is 6.54 Å². The van der Waals surface area contributed by atoms with E-state index in [2.05, 4.69) is 38.1 Å². The number of amides is 1. The summed E-state index contributed by atoms with van der Waals surface area (Å²) >= 11 is 5.90. The average molecular weight is 536 g/mol. The van der Waals surface area contributed by atoms with Gasteiger partial charge < -0.3 is 19.5 Å². The van der Waals surface area contributed by atoms with Crippen LogP contribution in [-0.2, 0) is 24.1 Å². The summed E-state index contributed by atoms with van der Waals surface area (Å²) in [4.78, 5) is 26.0. The minimum atomic E-state index is -1.08. The summed E-state index contributed by atoms with van der Waals surface area (Å²) in [5, 5.41) is 9.97. The van der Waals surface area contributed by atoms with Crippen molar-refractivity contribution in [1.82, 2.24) is 4.90 Å². The van der Waals surface area contributed by atoms with Gasteiger partial charge in [0.2, 0.25) is 0 Å². The topological polar surface area (TPSA) is 76.1 Å². The molecule has 0 unspecified atom stereocenters. The molecule has 0 bridgehead atoms. The summed E-state index contributed by atoms with van der Waals surface area (Å²) in [5.74, 6) is -0.0585. The molecule has 4 rings (SSSR count). The molecule has 0 aromatic heterocycles. The van der Waals surface area contributed by atoms with Crippen LogP contribution in [0.1, 0.15) is 53.7 Å². The Morgan fingerprint density at radius 1 is 1.05 bits per heavy atom. The second-order valence-electron chi connectivity index (χ2n) is 10.0. The van der Waals surface area contributed by atoms with E-state index in [9.17, 15) is 14.7 Å². The van der Waals surface area contributed by atoms with E-state index in [-0.39, 0.29) is 24.7 Å². The van der Waals surface area contributed by atoms with Gasteiger partial charge in [0.25, 0.3) is 5.91 Å². The van der Waals surface area contributed by atoms with Crippen molar-refractivity contribution >= 4 is 23.5 Å². The van der Waals surface area contributed by atoms with Gasteiger partial charge >= 0.3 is 5.97 Å². The number of rotatable bonds is 11. The van der Waals surface area contributed by atoms with E-state index in [1.165, 1.54) is 16.0 Å². The molecule has 1 aliphatic heterocycles. The third-order valence-electron chi connectivity index (χ3n) is 6.78. The highest BCUT2D eigenvalue weighted by Gasteiger charge is 2.32. The minimum Gasteiger partial charge on any atom is -0.492 e. The standard InChI is InChI=1S/C31H34ClNO5/c1-3-4-22-5-7-23(8-6-22)20-31(2)16-15-24-19-25(9-14-28(24)38-31)30(36)33(21-29(34)35)17-18-37-27-12-10-26(32)11-13-27/h5-14,19H,3-4,15-18,20-21H2,1-2H3,(H,34,35)/t31-/m1/s1. The lowest BCUT2D eigenvalue weighted by molar-refractivity contribution is -0.137. The zero-order chi connectivity index (χ0) is 27.1. The van der Waals surface area contributed by atoms with Crippen LogP contribution in [0.15, 0.2) is 66.7 Å². The Labute approximate surface area is 229 Å². The second-order valence-corrected chi connectivity index (χ2v) is 10.5. The van der Waals surface area contributed by atoms with Gasteiger partial charge in [-0.3, -0.25) is 9.59 Å². The number of nitrogens with zero attached hydrogens (tertiary/aromatic N) is 1. The SMILES string of the molecule is CCCc1ccc(C[C@@]2(C)CCc3cc(C(=O)N(CCOc4ccc(Cl)cc4)CC(=O)O)ccc3O2)cc1. The summed E-state index contributed by atoms with van der Waals surface area (Å²) in [6.45, 7) is 4.20. The lowest BCUT2D eigenvalue weighted by atomic mass is 9.86. The highest BCUT2D eigenvalue weighted by atomic mass is 35.5. The number of carboxylic acids is 1. The number of fused-ring (bicyclic) bond motifs is 1. The number of aliphatic carboxylic acids is 1. The van der Waals surface area contributed by atoms with Crippen LogP contribution >= 0.6 is 11.6 Å². The molecule has 0 saturated heterocycles. The Balaban J connectivity index is 1.40. The molecular formula is C31H34ClNO5. The number of benzene rings is 3. The molecule has 0 aliphatic carbocycles. The molecule has 0 radical (unpaired) electrons. The van der Waals surface area contributed by atoms with E-state index < -0.39 is 12.5 Å². The molecule has 1 N–H and O–H groups in total. The first-order valence-corrected chi connectivity index (χ1v) is 13.4. The van der Waals surface area contributed by atoms with Crippen LogP contribution in [0.5, 0.6) is 11.5 Å². The monoisotopic (exact) mass is 535 g/mol. The summed E-state index contributed by atoms with van der Waals surface area (Å²) in [6, 6.07) is 21.0. The fourth-order valence-electron chi connectivity index (χ4n) is 4.79. The number of carbonyl (C=O) groups is 2. The van der Waals surface area contributed by atoms with Crippen LogP contribution in [-0.4, -0.2) is 47.2 Å². The van der Waals surface area contributed by atoms with Crippen LogP contribution in [0.2, 0.25) is 5.02 Å². The van der Waals surface area contributed by atoms with Crippen LogP contribution in [0.25, 0.3) is 0 Å². The number of aryl methyl sites for hydroxylation is 2. The van der Waals surface area contributed by atoms with Crippen molar-refractivity contribution in [2.75, 3.05) is 19.7 Å². The minimum absolute atomic E-state index is 0.135. The Bertz CT molecular complexity index is 1260. The van der Waals surface area contributed by atoms with Gasteiger partial charge in [-0.15, -0.1) is 0 Å². The van der Waals surface area contributed by atoms with Crippen LogP contribution < -0.4 is 9.47 Å². The van der Waals surface area contributed by atoms with E-state index in [4.69, 9.17) is 21.1 Å². The summed E-state index contributed by atoms with van der Waals surface area (Å²) in [5.41, 5.74) is 3.66. The third-order valence-corrected chi connectivity index (χ3v) is 7.04. The number of hydrogen-bond donors (Lipinski definition) is 1. The van der Waals surface area contributed by atoms with Gasteiger partial charge in [-0.2, -0.15) is 0 Å². The van der Waals surface area contributed by atoms with Crippen LogP contribution in [0.3, 0.4) is 0 Å². The summed E-state index contributed by atoms with van der Waals surface area (Å²) < 4.78 is 12.1. The van der Waals surface area contributed by atoms with Gasteiger partial charge in [-0.25, -0.2) is 0 Å². The number of ether oxygens (including phenoxy) is 2. The Morgan fingerprint density at radius 2 is 1.76 bits per heavy atom. The van der Waals surface area contributed by atoms with E-state index in [1.807, 2.05) is 12.1 Å². The summed E-state index contributed by atoms with van der Waals surface area (Å²) in [6.07, 6.45) is 4.62. The highest BCUT2D eigenvalue weighted by molar-refractivity contribution is 6.30. The highest BCUT2D eigenvalue weighted by Crippen LogP contribution is 2.36. The Kier molecular flexibility index (Phi) is 8.95. The zero-order valence-corrected chi connectivity index (χ0v) is 22.7. The van der Waals surface area contributed by atoms with Crippen molar-refractivity contribution in [1.29, 1.82) is 0 Å². The first-order valence-electron chi connectivity index (χ1n) is 13.0. The van der Waals surface area contributed by atoms with Gasteiger partial charge in [0.15, 0.2) is 0 Å². The number of carboxylic acid groups (broad SMARTS) is 1. The number of halogens is 1. The van der Waals surface area contributed by atoms with Crippen molar-refractivity contribution in [2.24, 2.45) is 0 Å². The fraction of sp³-hybridized carbons (Fsp3) is 0.355. The van der Waals surface area contributed by atoms with E-state index in [0.29, 0.717) is 16.3 Å². The van der Waals surface area contributed by atoms with Crippen molar-refractivity contribution in [3.05, 3.63) is 94.0 Å². The molecule has 200 valence electrons. The zero-order valence-electron chi connectivity index (χ0n) is 21.9. The van der Waals surface area contributed by atoms with Crippen LogP contribution in [0.4, 0.5) is 0 Å². The smallest absolute Gasteiger partial charge is 0.323 e. The molecule has 6 nitrogen and oxygen atoms in total. The van der Waals surface area contributed by atoms with Crippen molar-refractivity contribution < 1.29 is 24.2 Å². The lowest BCUT2D eigenvalue weighted by Crippen LogP contribution is -2.39.